The number of aromatic nitrogens is 5. The molecule has 0 bridgehead atoms. The van der Waals surface area contributed by atoms with Crippen LogP contribution in [0.3, 0.4) is 0 Å². The van der Waals surface area contributed by atoms with Crippen LogP contribution in [-0.2, 0) is 16.6 Å². The molecule has 0 saturated heterocycles. The number of fused-ring (bicyclic) bond motifs is 3. The largest absolute Gasteiger partial charge is 0.478 e. The number of anilines is 1. The summed E-state index contributed by atoms with van der Waals surface area (Å²) in [5.74, 6) is 0.643. The van der Waals surface area contributed by atoms with E-state index in [4.69, 9.17) is 9.47 Å². The normalized spacial score (nSPS) is 11.2. The maximum absolute atomic E-state index is 13.4. The van der Waals surface area contributed by atoms with Crippen LogP contribution in [0.25, 0.3) is 38.8 Å². The second-order valence-electron chi connectivity index (χ2n) is 8.50. The number of nitrogens with zero attached hydrogens (tertiary/aromatic N) is 5. The summed E-state index contributed by atoms with van der Waals surface area (Å²) >= 11 is 0. The Bertz CT molecular complexity index is 1690. The number of pyridine rings is 3. The van der Waals surface area contributed by atoms with Crippen molar-refractivity contribution >= 4 is 33.7 Å². The smallest absolute Gasteiger partial charge is 0.333 e. The van der Waals surface area contributed by atoms with Gasteiger partial charge in [-0.3, -0.25) is 18.9 Å². The Morgan fingerprint density at radius 2 is 1.86 bits per heavy atom. The Morgan fingerprint density at radius 3 is 2.57 bits per heavy atom. The van der Waals surface area contributed by atoms with E-state index in [-0.39, 0.29) is 18.2 Å². The molecule has 0 aliphatic carbocycles. The molecular weight excluding hydrogens is 472 g/mol. The number of carbonyl (C=O) groups is 1. The molecule has 0 fully saturated rings. The number of aryl methyl sites for hydroxylation is 2. The summed E-state index contributed by atoms with van der Waals surface area (Å²) < 4.78 is 13.5. The first-order valence-electron chi connectivity index (χ1n) is 11.8. The SMILES string of the molecule is CCOc1ccc(-c2ccc3ncc4c(c3c2)n(-c2ccc(NC(=O)COC)nc2C)c(=O)n4C)cn1. The van der Waals surface area contributed by atoms with Gasteiger partial charge in [0.15, 0.2) is 0 Å². The standard InChI is InChI=1S/C27H26N6O4/c1-5-37-25-11-7-18(13-29-25)17-6-8-20-19(12-17)26-22(14-28-20)32(3)27(35)33(26)21-9-10-23(30-16(21)2)31-24(34)15-36-4/h6-14H,5,15H2,1-4H3,(H,30,31,34). The molecule has 5 rings (SSSR count). The summed E-state index contributed by atoms with van der Waals surface area (Å²) in [7, 11) is 3.17. The van der Waals surface area contributed by atoms with Gasteiger partial charge in [-0.2, -0.15) is 0 Å². The van der Waals surface area contributed by atoms with Gasteiger partial charge in [-0.1, -0.05) is 6.07 Å². The molecule has 4 heterocycles. The van der Waals surface area contributed by atoms with Crippen LogP contribution < -0.4 is 15.7 Å². The quantitative estimate of drug-likeness (QED) is 0.365. The Balaban J connectivity index is 1.67. The highest BCUT2D eigenvalue weighted by atomic mass is 16.5. The number of hydrogen-bond acceptors (Lipinski definition) is 7. The van der Waals surface area contributed by atoms with Crippen LogP contribution in [0.5, 0.6) is 5.88 Å². The lowest BCUT2D eigenvalue weighted by Crippen LogP contribution is -2.22. The molecular formula is C27H26N6O4. The molecule has 0 saturated carbocycles. The molecule has 0 unspecified atom stereocenters. The third kappa shape index (κ3) is 4.43. The van der Waals surface area contributed by atoms with Crippen molar-refractivity contribution in [1.29, 1.82) is 0 Å². The number of methoxy groups -OCH3 is 1. The van der Waals surface area contributed by atoms with E-state index in [2.05, 4.69) is 20.3 Å². The third-order valence-corrected chi connectivity index (χ3v) is 6.09. The van der Waals surface area contributed by atoms with Gasteiger partial charge >= 0.3 is 5.69 Å². The van der Waals surface area contributed by atoms with E-state index in [0.29, 0.717) is 35.2 Å². The number of nitrogens with one attached hydrogen (secondary N) is 1. The van der Waals surface area contributed by atoms with Crippen molar-refractivity contribution in [1.82, 2.24) is 24.1 Å². The number of imidazole rings is 1. The zero-order chi connectivity index (χ0) is 26.1. The Labute approximate surface area is 212 Å². The van der Waals surface area contributed by atoms with Crippen molar-refractivity contribution in [3.8, 4) is 22.7 Å². The summed E-state index contributed by atoms with van der Waals surface area (Å²) in [5, 5.41) is 3.51. The molecule has 188 valence electrons. The van der Waals surface area contributed by atoms with Gasteiger partial charge in [0.2, 0.25) is 5.88 Å². The van der Waals surface area contributed by atoms with Crippen molar-refractivity contribution in [2.24, 2.45) is 7.05 Å². The topological polar surface area (TPSA) is 113 Å². The number of hydrogen-bond donors (Lipinski definition) is 1. The zero-order valence-corrected chi connectivity index (χ0v) is 21.0. The van der Waals surface area contributed by atoms with Gasteiger partial charge in [0.25, 0.3) is 5.91 Å². The number of benzene rings is 1. The highest BCUT2D eigenvalue weighted by Gasteiger charge is 2.19. The first-order valence-corrected chi connectivity index (χ1v) is 11.8. The molecule has 37 heavy (non-hydrogen) atoms. The molecule has 4 aromatic heterocycles. The summed E-state index contributed by atoms with van der Waals surface area (Å²) in [5.41, 5.74) is 4.99. The number of amides is 1. The van der Waals surface area contributed by atoms with Crippen LogP contribution in [0.2, 0.25) is 0 Å². The average molecular weight is 499 g/mol. The van der Waals surface area contributed by atoms with Gasteiger partial charge in [0.1, 0.15) is 12.4 Å². The van der Waals surface area contributed by atoms with Crippen molar-refractivity contribution in [3.05, 3.63) is 71.0 Å². The van der Waals surface area contributed by atoms with Gasteiger partial charge in [0.05, 0.1) is 40.7 Å². The molecule has 0 aliphatic rings. The van der Waals surface area contributed by atoms with Crippen LogP contribution in [0, 0.1) is 6.92 Å². The van der Waals surface area contributed by atoms with Gasteiger partial charge in [-0.05, 0) is 49.7 Å². The van der Waals surface area contributed by atoms with E-state index in [9.17, 15) is 9.59 Å². The van der Waals surface area contributed by atoms with Crippen LogP contribution in [0.15, 0.2) is 59.7 Å². The molecule has 10 heteroatoms. The minimum atomic E-state index is -0.308. The molecule has 0 atom stereocenters. The van der Waals surface area contributed by atoms with Crippen molar-refractivity contribution in [3.63, 3.8) is 0 Å². The third-order valence-electron chi connectivity index (χ3n) is 6.09. The van der Waals surface area contributed by atoms with Gasteiger partial charge < -0.3 is 14.8 Å². The summed E-state index contributed by atoms with van der Waals surface area (Å²) in [6.07, 6.45) is 3.47. The molecule has 5 aromatic rings. The fraction of sp³-hybridized carbons (Fsp3) is 0.222. The first kappa shape index (κ1) is 24.1. The van der Waals surface area contributed by atoms with Crippen LogP contribution >= 0.6 is 0 Å². The second-order valence-corrected chi connectivity index (χ2v) is 8.50. The molecule has 1 N–H and O–H groups in total. The van der Waals surface area contributed by atoms with E-state index in [1.807, 2.05) is 37.3 Å². The zero-order valence-electron chi connectivity index (χ0n) is 21.0. The van der Waals surface area contributed by atoms with Crippen LogP contribution in [0.4, 0.5) is 5.82 Å². The van der Waals surface area contributed by atoms with Crippen molar-refractivity contribution in [2.45, 2.75) is 13.8 Å². The monoisotopic (exact) mass is 498 g/mol. The minimum absolute atomic E-state index is 0.0730. The van der Waals surface area contributed by atoms with E-state index in [1.54, 1.807) is 47.6 Å². The second kappa shape index (κ2) is 9.82. The molecule has 10 nitrogen and oxygen atoms in total. The average Bonchev–Trinajstić information content (AvgIpc) is 3.15. The highest BCUT2D eigenvalue weighted by Crippen LogP contribution is 2.30. The lowest BCUT2D eigenvalue weighted by atomic mass is 10.0. The van der Waals surface area contributed by atoms with Gasteiger partial charge in [-0.25, -0.2) is 14.8 Å². The number of carbonyl (C=O) groups excluding carboxylic acids is 1. The van der Waals surface area contributed by atoms with E-state index in [1.165, 1.54) is 7.11 Å². The van der Waals surface area contributed by atoms with Crippen LogP contribution in [0.1, 0.15) is 12.6 Å². The first-order chi connectivity index (χ1) is 17.9. The maximum atomic E-state index is 13.4. The van der Waals surface area contributed by atoms with Gasteiger partial charge in [0, 0.05) is 37.4 Å². The van der Waals surface area contributed by atoms with Crippen molar-refractivity contribution < 1.29 is 14.3 Å². The minimum Gasteiger partial charge on any atom is -0.478 e. The summed E-state index contributed by atoms with van der Waals surface area (Å²) in [6, 6.07) is 13.2. The lowest BCUT2D eigenvalue weighted by Gasteiger charge is -2.11. The Morgan fingerprint density at radius 1 is 1.05 bits per heavy atom. The predicted octanol–water partition coefficient (Wildman–Crippen LogP) is 3.63. The number of rotatable bonds is 7. The molecule has 1 aromatic carbocycles. The van der Waals surface area contributed by atoms with E-state index < -0.39 is 0 Å². The Hall–Kier alpha value is -4.57. The van der Waals surface area contributed by atoms with Crippen LogP contribution in [-0.4, -0.2) is 50.3 Å². The molecule has 0 radical (unpaired) electrons. The fourth-order valence-corrected chi connectivity index (χ4v) is 4.35. The van der Waals surface area contributed by atoms with Crippen molar-refractivity contribution in [2.75, 3.05) is 25.6 Å². The molecule has 0 aliphatic heterocycles. The number of ether oxygens (including phenoxy) is 2. The summed E-state index contributed by atoms with van der Waals surface area (Å²) in [6.45, 7) is 4.19. The maximum Gasteiger partial charge on any atom is 0.333 e. The predicted molar refractivity (Wildman–Crippen MR) is 141 cm³/mol. The Kier molecular flexibility index (Phi) is 6.41. The lowest BCUT2D eigenvalue weighted by molar-refractivity contribution is -0.119. The fourth-order valence-electron chi connectivity index (χ4n) is 4.35. The van der Waals surface area contributed by atoms with Gasteiger partial charge in [-0.15, -0.1) is 0 Å². The molecule has 1 amide bonds. The van der Waals surface area contributed by atoms with E-state index >= 15 is 0 Å². The van der Waals surface area contributed by atoms with E-state index in [0.717, 1.165) is 27.5 Å². The highest BCUT2D eigenvalue weighted by molar-refractivity contribution is 6.04. The summed E-state index contributed by atoms with van der Waals surface area (Å²) in [4.78, 5) is 38.8. The molecule has 0 spiro atoms.